The number of carbonyl (C=O) groups excluding carboxylic acids is 2. The van der Waals surface area contributed by atoms with Crippen molar-refractivity contribution in [3.05, 3.63) is 35.9 Å². The van der Waals surface area contributed by atoms with Crippen molar-refractivity contribution in [2.75, 3.05) is 13.1 Å². The van der Waals surface area contributed by atoms with Crippen LogP contribution >= 0.6 is 12.4 Å². The SMILES string of the molecule is Cl.NC1CCC(C(=O)NC2CCN(C(=O)CCc3ccccc3)CC2)C1. The maximum atomic E-state index is 12.4. The van der Waals surface area contributed by atoms with Crippen molar-refractivity contribution < 1.29 is 9.59 Å². The topological polar surface area (TPSA) is 75.4 Å². The van der Waals surface area contributed by atoms with Crippen molar-refractivity contribution >= 4 is 24.2 Å². The van der Waals surface area contributed by atoms with Crippen molar-refractivity contribution in [1.82, 2.24) is 10.2 Å². The van der Waals surface area contributed by atoms with Crippen LogP contribution in [0.4, 0.5) is 0 Å². The predicted octanol–water partition coefficient (Wildman–Crippen LogP) is 2.28. The number of amides is 2. The molecule has 2 fully saturated rings. The number of carbonyl (C=O) groups is 2. The van der Waals surface area contributed by atoms with E-state index in [0.29, 0.717) is 6.42 Å². The van der Waals surface area contributed by atoms with Gasteiger partial charge in [0.15, 0.2) is 0 Å². The highest BCUT2D eigenvalue weighted by Gasteiger charge is 2.30. The van der Waals surface area contributed by atoms with E-state index in [-0.39, 0.29) is 42.2 Å². The van der Waals surface area contributed by atoms with Gasteiger partial charge in [-0.3, -0.25) is 9.59 Å². The Morgan fingerprint density at radius 2 is 1.77 bits per heavy atom. The second-order valence-corrected chi connectivity index (χ2v) is 7.42. The summed E-state index contributed by atoms with van der Waals surface area (Å²) in [6.45, 7) is 1.48. The Morgan fingerprint density at radius 1 is 1.08 bits per heavy atom. The minimum Gasteiger partial charge on any atom is -0.353 e. The predicted molar refractivity (Wildman–Crippen MR) is 105 cm³/mol. The fourth-order valence-electron chi connectivity index (χ4n) is 3.90. The summed E-state index contributed by atoms with van der Waals surface area (Å²) in [4.78, 5) is 26.6. The zero-order valence-corrected chi connectivity index (χ0v) is 16.0. The molecule has 0 aromatic heterocycles. The second-order valence-electron chi connectivity index (χ2n) is 7.42. The maximum Gasteiger partial charge on any atom is 0.223 e. The Morgan fingerprint density at radius 3 is 2.38 bits per heavy atom. The van der Waals surface area contributed by atoms with Gasteiger partial charge in [-0.1, -0.05) is 30.3 Å². The second kappa shape index (κ2) is 9.93. The summed E-state index contributed by atoms with van der Waals surface area (Å²) < 4.78 is 0. The summed E-state index contributed by atoms with van der Waals surface area (Å²) in [7, 11) is 0. The highest BCUT2D eigenvalue weighted by molar-refractivity contribution is 5.85. The molecule has 2 aliphatic rings. The number of benzene rings is 1. The van der Waals surface area contributed by atoms with Crippen LogP contribution in [0.15, 0.2) is 30.3 Å². The van der Waals surface area contributed by atoms with Crippen LogP contribution in [0.1, 0.15) is 44.1 Å². The molecule has 1 aromatic carbocycles. The minimum atomic E-state index is 0. The molecular formula is C20H30ClN3O2. The average Bonchev–Trinajstić information content (AvgIpc) is 3.08. The van der Waals surface area contributed by atoms with Gasteiger partial charge in [-0.15, -0.1) is 12.4 Å². The highest BCUT2D eigenvalue weighted by atomic mass is 35.5. The van der Waals surface area contributed by atoms with E-state index in [1.807, 2.05) is 23.1 Å². The summed E-state index contributed by atoms with van der Waals surface area (Å²) in [5, 5.41) is 3.17. The third kappa shape index (κ3) is 5.71. The van der Waals surface area contributed by atoms with Gasteiger partial charge in [0, 0.05) is 37.5 Å². The van der Waals surface area contributed by atoms with E-state index in [0.717, 1.165) is 51.6 Å². The fraction of sp³-hybridized carbons (Fsp3) is 0.600. The highest BCUT2D eigenvalue weighted by Crippen LogP contribution is 2.24. The molecule has 144 valence electrons. The number of hydrogen-bond acceptors (Lipinski definition) is 3. The number of piperidine rings is 1. The van der Waals surface area contributed by atoms with Gasteiger partial charge in [-0.2, -0.15) is 0 Å². The van der Waals surface area contributed by atoms with Gasteiger partial charge >= 0.3 is 0 Å². The number of hydrogen-bond donors (Lipinski definition) is 2. The van der Waals surface area contributed by atoms with Crippen molar-refractivity contribution in [3.63, 3.8) is 0 Å². The molecule has 5 nitrogen and oxygen atoms in total. The Kier molecular flexibility index (Phi) is 7.91. The van der Waals surface area contributed by atoms with Crippen LogP contribution in [-0.4, -0.2) is 41.9 Å². The van der Waals surface area contributed by atoms with Gasteiger partial charge in [-0.05, 0) is 44.1 Å². The molecule has 2 unspecified atom stereocenters. The minimum absolute atomic E-state index is 0. The van der Waals surface area contributed by atoms with Gasteiger partial charge in [0.1, 0.15) is 0 Å². The molecule has 2 atom stereocenters. The van der Waals surface area contributed by atoms with Gasteiger partial charge in [0.25, 0.3) is 0 Å². The first kappa shape index (κ1) is 20.7. The Bertz CT molecular complexity index is 588. The summed E-state index contributed by atoms with van der Waals surface area (Å²) in [6.07, 6.45) is 5.71. The average molecular weight is 380 g/mol. The van der Waals surface area contributed by atoms with Crippen LogP contribution in [0.3, 0.4) is 0 Å². The molecule has 1 aliphatic heterocycles. The van der Waals surface area contributed by atoms with Gasteiger partial charge in [0.2, 0.25) is 11.8 Å². The number of nitrogens with zero attached hydrogens (tertiary/aromatic N) is 1. The van der Waals surface area contributed by atoms with Gasteiger partial charge in [0.05, 0.1) is 0 Å². The molecule has 3 N–H and O–H groups in total. The first-order valence-electron chi connectivity index (χ1n) is 9.49. The number of halogens is 1. The molecular weight excluding hydrogens is 350 g/mol. The van der Waals surface area contributed by atoms with E-state index >= 15 is 0 Å². The summed E-state index contributed by atoms with van der Waals surface area (Å²) >= 11 is 0. The molecule has 3 rings (SSSR count). The van der Waals surface area contributed by atoms with Gasteiger partial charge < -0.3 is 16.0 Å². The summed E-state index contributed by atoms with van der Waals surface area (Å²) in [6, 6.07) is 10.5. The lowest BCUT2D eigenvalue weighted by atomic mass is 10.0. The number of rotatable bonds is 5. The van der Waals surface area contributed by atoms with Crippen LogP contribution in [0, 0.1) is 5.92 Å². The van der Waals surface area contributed by atoms with E-state index in [1.165, 1.54) is 5.56 Å². The molecule has 0 bridgehead atoms. The quantitative estimate of drug-likeness (QED) is 0.824. The molecule has 0 radical (unpaired) electrons. The third-order valence-corrected chi connectivity index (χ3v) is 5.51. The van der Waals surface area contributed by atoms with Crippen LogP contribution in [0.5, 0.6) is 0 Å². The van der Waals surface area contributed by atoms with Crippen molar-refractivity contribution in [2.24, 2.45) is 11.7 Å². The monoisotopic (exact) mass is 379 g/mol. The first-order valence-corrected chi connectivity index (χ1v) is 9.49. The lowest BCUT2D eigenvalue weighted by Gasteiger charge is -2.33. The molecule has 6 heteroatoms. The first-order chi connectivity index (χ1) is 12.1. The van der Waals surface area contributed by atoms with Crippen molar-refractivity contribution in [1.29, 1.82) is 0 Å². The Balaban J connectivity index is 0.00000243. The maximum absolute atomic E-state index is 12.4. The van der Waals surface area contributed by atoms with E-state index in [9.17, 15) is 9.59 Å². The third-order valence-electron chi connectivity index (χ3n) is 5.51. The summed E-state index contributed by atoms with van der Waals surface area (Å²) in [5.74, 6) is 0.456. The van der Waals surface area contributed by atoms with Crippen molar-refractivity contribution in [2.45, 2.75) is 57.0 Å². The van der Waals surface area contributed by atoms with E-state index < -0.39 is 0 Å². The number of likely N-dealkylation sites (tertiary alicyclic amines) is 1. The Hall–Kier alpha value is -1.59. The molecule has 2 amide bonds. The molecule has 1 saturated heterocycles. The number of nitrogens with two attached hydrogens (primary N) is 1. The smallest absolute Gasteiger partial charge is 0.223 e. The van der Waals surface area contributed by atoms with Crippen LogP contribution < -0.4 is 11.1 Å². The zero-order valence-electron chi connectivity index (χ0n) is 15.2. The Labute approximate surface area is 162 Å². The van der Waals surface area contributed by atoms with Crippen LogP contribution in [0.2, 0.25) is 0 Å². The zero-order chi connectivity index (χ0) is 17.6. The van der Waals surface area contributed by atoms with E-state index in [4.69, 9.17) is 5.73 Å². The largest absolute Gasteiger partial charge is 0.353 e. The normalized spacial score (nSPS) is 23.3. The fourth-order valence-corrected chi connectivity index (χ4v) is 3.90. The molecule has 1 aliphatic carbocycles. The number of nitrogens with one attached hydrogen (secondary N) is 1. The lowest BCUT2D eigenvalue weighted by molar-refractivity contribution is -0.132. The summed E-state index contributed by atoms with van der Waals surface area (Å²) in [5.41, 5.74) is 7.10. The van der Waals surface area contributed by atoms with E-state index in [2.05, 4.69) is 17.4 Å². The van der Waals surface area contributed by atoms with E-state index in [1.54, 1.807) is 0 Å². The van der Waals surface area contributed by atoms with Crippen molar-refractivity contribution in [3.8, 4) is 0 Å². The number of aryl methyl sites for hydroxylation is 1. The van der Waals surface area contributed by atoms with Crippen LogP contribution in [-0.2, 0) is 16.0 Å². The molecule has 1 saturated carbocycles. The molecule has 1 heterocycles. The molecule has 1 aromatic rings. The van der Waals surface area contributed by atoms with Gasteiger partial charge in [-0.25, -0.2) is 0 Å². The molecule has 26 heavy (non-hydrogen) atoms. The molecule has 0 spiro atoms. The van der Waals surface area contributed by atoms with Crippen LogP contribution in [0.25, 0.3) is 0 Å². The standard InChI is InChI=1S/C20H29N3O2.ClH/c21-17-8-7-16(14-17)20(25)22-18-10-12-23(13-11-18)19(24)9-6-15-4-2-1-3-5-15;/h1-5,16-18H,6-14,21H2,(H,22,25);1H. The lowest BCUT2D eigenvalue weighted by Crippen LogP contribution is -2.47.